The second kappa shape index (κ2) is 6.32. The number of rotatable bonds is 5. The maximum atomic E-state index is 11.9. The van der Waals surface area contributed by atoms with E-state index in [-0.39, 0.29) is 11.8 Å². The Bertz CT molecular complexity index is 659. The van der Waals surface area contributed by atoms with Gasteiger partial charge >= 0.3 is 0 Å². The molecule has 3 rings (SSSR count). The SMILES string of the molecule is Cc1nn(Cc2ccccc2)c(C)c1CNC(=O)C1CNC1. The molecule has 1 aromatic heterocycles. The molecule has 1 fully saturated rings. The highest BCUT2D eigenvalue weighted by Crippen LogP contribution is 2.15. The molecule has 5 nitrogen and oxygen atoms in total. The summed E-state index contributed by atoms with van der Waals surface area (Å²) < 4.78 is 2.01. The number of aryl methyl sites for hydroxylation is 1. The van der Waals surface area contributed by atoms with Crippen molar-refractivity contribution in [3.8, 4) is 0 Å². The number of benzene rings is 1. The Hall–Kier alpha value is -2.14. The monoisotopic (exact) mass is 298 g/mol. The minimum Gasteiger partial charge on any atom is -0.352 e. The summed E-state index contributed by atoms with van der Waals surface area (Å²) in [5.74, 6) is 0.258. The molecule has 116 valence electrons. The summed E-state index contributed by atoms with van der Waals surface area (Å²) in [6.07, 6.45) is 0. The summed E-state index contributed by atoms with van der Waals surface area (Å²) >= 11 is 0. The molecule has 2 aromatic rings. The second-order valence-corrected chi connectivity index (χ2v) is 5.87. The van der Waals surface area contributed by atoms with E-state index in [4.69, 9.17) is 0 Å². The van der Waals surface area contributed by atoms with Crippen LogP contribution in [-0.4, -0.2) is 28.8 Å². The van der Waals surface area contributed by atoms with Gasteiger partial charge in [0.05, 0.1) is 18.2 Å². The lowest BCUT2D eigenvalue weighted by atomic mass is 10.0. The van der Waals surface area contributed by atoms with Gasteiger partial charge in [-0.2, -0.15) is 5.10 Å². The van der Waals surface area contributed by atoms with E-state index in [1.54, 1.807) is 0 Å². The van der Waals surface area contributed by atoms with Crippen LogP contribution >= 0.6 is 0 Å². The number of nitrogens with zero attached hydrogens (tertiary/aromatic N) is 2. The minimum absolute atomic E-state index is 0.125. The molecule has 1 amide bonds. The van der Waals surface area contributed by atoms with Crippen molar-refractivity contribution < 1.29 is 4.79 Å². The van der Waals surface area contributed by atoms with E-state index >= 15 is 0 Å². The third-order valence-corrected chi connectivity index (χ3v) is 4.30. The maximum absolute atomic E-state index is 11.9. The molecular formula is C17H22N4O. The van der Waals surface area contributed by atoms with Crippen molar-refractivity contribution >= 4 is 5.91 Å². The zero-order chi connectivity index (χ0) is 15.5. The highest BCUT2D eigenvalue weighted by Gasteiger charge is 2.25. The van der Waals surface area contributed by atoms with E-state index in [9.17, 15) is 4.79 Å². The van der Waals surface area contributed by atoms with Crippen LogP contribution in [0.1, 0.15) is 22.5 Å². The first-order valence-corrected chi connectivity index (χ1v) is 7.70. The van der Waals surface area contributed by atoms with Gasteiger partial charge in [0.25, 0.3) is 0 Å². The molecule has 1 aliphatic heterocycles. The van der Waals surface area contributed by atoms with Gasteiger partial charge in [-0.3, -0.25) is 9.48 Å². The number of hydrogen-bond acceptors (Lipinski definition) is 3. The van der Waals surface area contributed by atoms with Crippen molar-refractivity contribution in [2.45, 2.75) is 26.9 Å². The Morgan fingerprint density at radius 2 is 2.05 bits per heavy atom. The molecular weight excluding hydrogens is 276 g/mol. The molecule has 2 N–H and O–H groups in total. The van der Waals surface area contributed by atoms with Crippen LogP contribution in [-0.2, 0) is 17.9 Å². The molecule has 0 bridgehead atoms. The second-order valence-electron chi connectivity index (χ2n) is 5.87. The van der Waals surface area contributed by atoms with Gasteiger partial charge in [0.1, 0.15) is 0 Å². The average Bonchev–Trinajstić information content (AvgIpc) is 2.71. The Morgan fingerprint density at radius 3 is 2.68 bits per heavy atom. The number of aromatic nitrogens is 2. The molecule has 1 aromatic carbocycles. The van der Waals surface area contributed by atoms with E-state index in [0.29, 0.717) is 6.54 Å². The van der Waals surface area contributed by atoms with E-state index in [1.165, 1.54) is 5.56 Å². The third kappa shape index (κ3) is 3.04. The summed E-state index contributed by atoms with van der Waals surface area (Å²) in [5.41, 5.74) is 4.45. The normalized spacial score (nSPS) is 14.6. The molecule has 1 saturated heterocycles. The van der Waals surface area contributed by atoms with Gasteiger partial charge in [-0.15, -0.1) is 0 Å². The van der Waals surface area contributed by atoms with Crippen LogP contribution in [0, 0.1) is 19.8 Å². The minimum atomic E-state index is 0.125. The zero-order valence-corrected chi connectivity index (χ0v) is 13.1. The lowest BCUT2D eigenvalue weighted by Gasteiger charge is -2.25. The smallest absolute Gasteiger partial charge is 0.225 e. The van der Waals surface area contributed by atoms with Crippen molar-refractivity contribution in [1.29, 1.82) is 0 Å². The maximum Gasteiger partial charge on any atom is 0.225 e. The van der Waals surface area contributed by atoms with E-state index in [1.807, 2.05) is 29.8 Å². The molecule has 0 aliphatic carbocycles. The molecule has 22 heavy (non-hydrogen) atoms. The molecule has 0 spiro atoms. The first-order chi connectivity index (χ1) is 10.6. The average molecular weight is 298 g/mol. The van der Waals surface area contributed by atoms with Crippen molar-refractivity contribution in [2.75, 3.05) is 13.1 Å². The fraction of sp³-hybridized carbons (Fsp3) is 0.412. The van der Waals surface area contributed by atoms with Crippen LogP contribution in [0.2, 0.25) is 0 Å². The number of nitrogens with one attached hydrogen (secondary N) is 2. The number of carbonyl (C=O) groups excluding carboxylic acids is 1. The topological polar surface area (TPSA) is 59.0 Å². The van der Waals surface area contributed by atoms with E-state index < -0.39 is 0 Å². The lowest BCUT2D eigenvalue weighted by molar-refractivity contribution is -0.126. The first kappa shape index (κ1) is 14.8. The number of amides is 1. The Labute approximate surface area is 130 Å². The summed E-state index contributed by atoms with van der Waals surface area (Å²) in [5, 5.41) is 10.8. The zero-order valence-electron chi connectivity index (χ0n) is 13.1. The molecule has 0 unspecified atom stereocenters. The van der Waals surface area contributed by atoms with Gasteiger partial charge in [0.2, 0.25) is 5.91 Å². The first-order valence-electron chi connectivity index (χ1n) is 7.70. The fourth-order valence-corrected chi connectivity index (χ4v) is 2.69. The Morgan fingerprint density at radius 1 is 1.32 bits per heavy atom. The molecule has 5 heteroatoms. The summed E-state index contributed by atoms with van der Waals surface area (Å²) in [6.45, 7) is 6.96. The van der Waals surface area contributed by atoms with E-state index in [2.05, 4.69) is 34.8 Å². The fourth-order valence-electron chi connectivity index (χ4n) is 2.69. The van der Waals surface area contributed by atoms with Crippen LogP contribution in [0.25, 0.3) is 0 Å². The van der Waals surface area contributed by atoms with E-state index in [0.717, 1.165) is 36.6 Å². The predicted octanol–water partition coefficient (Wildman–Crippen LogP) is 1.38. The predicted molar refractivity (Wildman–Crippen MR) is 85.5 cm³/mol. The van der Waals surface area contributed by atoms with Crippen LogP contribution in [0.15, 0.2) is 30.3 Å². The quantitative estimate of drug-likeness (QED) is 0.877. The van der Waals surface area contributed by atoms with Crippen molar-refractivity contribution in [3.63, 3.8) is 0 Å². The van der Waals surface area contributed by atoms with Crippen LogP contribution in [0.4, 0.5) is 0 Å². The standard InChI is InChI=1S/C17H22N4O/c1-12-16(10-19-17(22)15-8-18-9-15)13(2)21(20-12)11-14-6-4-3-5-7-14/h3-7,15,18H,8-11H2,1-2H3,(H,19,22). The molecule has 0 saturated carbocycles. The molecule has 2 heterocycles. The van der Waals surface area contributed by atoms with Gasteiger partial charge in [-0.25, -0.2) is 0 Å². The highest BCUT2D eigenvalue weighted by molar-refractivity contribution is 5.80. The summed E-state index contributed by atoms with van der Waals surface area (Å²) in [7, 11) is 0. The third-order valence-electron chi connectivity index (χ3n) is 4.30. The van der Waals surface area contributed by atoms with Crippen LogP contribution < -0.4 is 10.6 Å². The molecule has 1 aliphatic rings. The molecule has 0 radical (unpaired) electrons. The Balaban J connectivity index is 1.68. The largest absolute Gasteiger partial charge is 0.352 e. The van der Waals surface area contributed by atoms with Crippen molar-refractivity contribution in [1.82, 2.24) is 20.4 Å². The van der Waals surface area contributed by atoms with Gasteiger partial charge < -0.3 is 10.6 Å². The Kier molecular flexibility index (Phi) is 4.24. The highest BCUT2D eigenvalue weighted by atomic mass is 16.2. The summed E-state index contributed by atoms with van der Waals surface area (Å²) in [4.78, 5) is 11.9. The lowest BCUT2D eigenvalue weighted by Crippen LogP contribution is -2.50. The van der Waals surface area contributed by atoms with Gasteiger partial charge in [-0.05, 0) is 19.4 Å². The van der Waals surface area contributed by atoms with Crippen molar-refractivity contribution in [3.05, 3.63) is 52.8 Å². The van der Waals surface area contributed by atoms with Crippen molar-refractivity contribution in [2.24, 2.45) is 5.92 Å². The number of carbonyl (C=O) groups is 1. The van der Waals surface area contributed by atoms with Gasteiger partial charge in [0, 0.05) is 30.9 Å². The number of hydrogen-bond donors (Lipinski definition) is 2. The van der Waals surface area contributed by atoms with Gasteiger partial charge in [0.15, 0.2) is 0 Å². The molecule has 0 atom stereocenters. The summed E-state index contributed by atoms with van der Waals surface area (Å²) in [6, 6.07) is 10.3. The van der Waals surface area contributed by atoms with Crippen LogP contribution in [0.5, 0.6) is 0 Å². The van der Waals surface area contributed by atoms with Gasteiger partial charge in [-0.1, -0.05) is 30.3 Å². The van der Waals surface area contributed by atoms with Crippen LogP contribution in [0.3, 0.4) is 0 Å².